The molecule has 1 N–H and O–H groups in total. The molecular weight excluding hydrogens is 335 g/mol. The molecular formula is C13H8Cl2N2O3S. The standard InChI is InChI=1S/C13H8Cl2N2O3S/c14-8-1-4-10(15)11(7-8)16-12(18)5-2-9-3-6-13(21-9)17(19)20/h1-7H,(H,16,18)/b5-2+. The van der Waals surface area contributed by atoms with Crippen LogP contribution >= 0.6 is 34.5 Å². The van der Waals surface area contributed by atoms with E-state index in [0.717, 1.165) is 11.3 Å². The van der Waals surface area contributed by atoms with Crippen molar-refractivity contribution in [2.75, 3.05) is 5.32 Å². The van der Waals surface area contributed by atoms with Gasteiger partial charge in [-0.1, -0.05) is 34.5 Å². The van der Waals surface area contributed by atoms with Crippen LogP contribution in [0, 0.1) is 10.1 Å². The maximum absolute atomic E-state index is 11.8. The number of halogens is 2. The fourth-order valence-corrected chi connectivity index (χ4v) is 2.52. The van der Waals surface area contributed by atoms with Crippen LogP contribution in [0.1, 0.15) is 4.88 Å². The molecule has 0 aliphatic carbocycles. The summed E-state index contributed by atoms with van der Waals surface area (Å²) in [7, 11) is 0. The third kappa shape index (κ3) is 4.29. The lowest BCUT2D eigenvalue weighted by Crippen LogP contribution is -2.07. The molecule has 1 aromatic heterocycles. The molecule has 1 heterocycles. The summed E-state index contributed by atoms with van der Waals surface area (Å²) in [5.41, 5.74) is 0.399. The normalized spacial score (nSPS) is 10.8. The van der Waals surface area contributed by atoms with Gasteiger partial charge in [0.2, 0.25) is 5.91 Å². The van der Waals surface area contributed by atoms with Gasteiger partial charge >= 0.3 is 5.00 Å². The van der Waals surface area contributed by atoms with E-state index in [1.54, 1.807) is 18.2 Å². The summed E-state index contributed by atoms with van der Waals surface area (Å²) in [6.07, 6.45) is 2.76. The largest absolute Gasteiger partial charge is 0.324 e. The molecule has 21 heavy (non-hydrogen) atoms. The van der Waals surface area contributed by atoms with Crippen molar-refractivity contribution < 1.29 is 9.72 Å². The number of carbonyl (C=O) groups excluding carboxylic acids is 1. The highest BCUT2D eigenvalue weighted by Crippen LogP contribution is 2.26. The number of nitrogens with one attached hydrogen (secondary N) is 1. The van der Waals surface area contributed by atoms with Crippen LogP contribution in [-0.4, -0.2) is 10.8 Å². The van der Waals surface area contributed by atoms with Crippen LogP contribution in [0.5, 0.6) is 0 Å². The van der Waals surface area contributed by atoms with Crippen molar-refractivity contribution in [3.8, 4) is 0 Å². The van der Waals surface area contributed by atoms with Gasteiger partial charge in [-0.05, 0) is 30.3 Å². The van der Waals surface area contributed by atoms with E-state index in [2.05, 4.69) is 5.32 Å². The number of hydrogen-bond acceptors (Lipinski definition) is 4. The Hall–Kier alpha value is -1.89. The van der Waals surface area contributed by atoms with Gasteiger partial charge in [0.05, 0.1) is 15.6 Å². The number of anilines is 1. The Bertz CT molecular complexity index is 728. The highest BCUT2D eigenvalue weighted by molar-refractivity contribution is 7.16. The van der Waals surface area contributed by atoms with Gasteiger partial charge in [-0.3, -0.25) is 14.9 Å². The lowest BCUT2D eigenvalue weighted by Gasteiger charge is -2.04. The highest BCUT2D eigenvalue weighted by atomic mass is 35.5. The number of benzene rings is 1. The summed E-state index contributed by atoms with van der Waals surface area (Å²) >= 11 is 12.7. The molecule has 8 heteroatoms. The van der Waals surface area contributed by atoms with Gasteiger partial charge in [0.15, 0.2) is 0 Å². The molecule has 108 valence electrons. The third-order valence-electron chi connectivity index (χ3n) is 2.38. The Morgan fingerprint density at radius 2 is 2.05 bits per heavy atom. The van der Waals surface area contributed by atoms with Gasteiger partial charge in [-0.15, -0.1) is 0 Å². The zero-order chi connectivity index (χ0) is 15.4. The van der Waals surface area contributed by atoms with Crippen molar-refractivity contribution in [2.45, 2.75) is 0 Å². The SMILES string of the molecule is O=C(/C=C/c1ccc([N+](=O)[O-])s1)Nc1cc(Cl)ccc1Cl. The number of nitro groups is 1. The molecule has 0 radical (unpaired) electrons. The Labute approximate surface area is 134 Å². The summed E-state index contributed by atoms with van der Waals surface area (Å²) in [4.78, 5) is 22.4. The molecule has 0 fully saturated rings. The average molecular weight is 343 g/mol. The van der Waals surface area contributed by atoms with Crippen molar-refractivity contribution in [2.24, 2.45) is 0 Å². The molecule has 0 atom stereocenters. The Kier molecular flexibility index (Phi) is 4.95. The summed E-state index contributed by atoms with van der Waals surface area (Å²) in [6.45, 7) is 0. The summed E-state index contributed by atoms with van der Waals surface area (Å²) < 4.78 is 0. The van der Waals surface area contributed by atoms with Crippen LogP contribution in [0.3, 0.4) is 0 Å². The molecule has 2 aromatic rings. The van der Waals surface area contributed by atoms with Crippen LogP contribution in [0.25, 0.3) is 6.08 Å². The van der Waals surface area contributed by atoms with Crippen LogP contribution in [0.4, 0.5) is 10.7 Å². The Morgan fingerprint density at radius 1 is 1.29 bits per heavy atom. The number of nitrogens with zero attached hydrogens (tertiary/aromatic N) is 1. The van der Waals surface area contributed by atoms with E-state index in [1.165, 1.54) is 24.3 Å². The second kappa shape index (κ2) is 6.71. The minimum Gasteiger partial charge on any atom is -0.321 e. The fourth-order valence-electron chi connectivity index (χ4n) is 1.46. The van der Waals surface area contributed by atoms with Gasteiger partial charge < -0.3 is 5.32 Å². The molecule has 0 aliphatic heterocycles. The molecule has 1 amide bonds. The Morgan fingerprint density at radius 3 is 2.71 bits per heavy atom. The molecule has 1 aromatic carbocycles. The molecule has 2 rings (SSSR count). The minimum absolute atomic E-state index is 0.0212. The van der Waals surface area contributed by atoms with Crippen LogP contribution in [-0.2, 0) is 4.79 Å². The van der Waals surface area contributed by atoms with E-state index in [0.29, 0.717) is 20.6 Å². The molecule has 0 bridgehead atoms. The lowest BCUT2D eigenvalue weighted by atomic mass is 10.3. The number of rotatable bonds is 4. The van der Waals surface area contributed by atoms with Gasteiger partial charge in [0, 0.05) is 22.0 Å². The Balaban J connectivity index is 2.05. The summed E-state index contributed by atoms with van der Waals surface area (Å²) in [5, 5.41) is 14.0. The first-order valence-corrected chi connectivity index (χ1v) is 7.21. The average Bonchev–Trinajstić information content (AvgIpc) is 2.90. The molecule has 5 nitrogen and oxygen atoms in total. The molecule has 0 saturated heterocycles. The van der Waals surface area contributed by atoms with Crippen LogP contribution in [0.2, 0.25) is 10.0 Å². The van der Waals surface area contributed by atoms with E-state index in [1.807, 2.05) is 0 Å². The first-order chi connectivity index (χ1) is 9.95. The van der Waals surface area contributed by atoms with E-state index in [-0.39, 0.29) is 5.00 Å². The fraction of sp³-hybridized carbons (Fsp3) is 0. The first kappa shape index (κ1) is 15.5. The second-order valence-corrected chi connectivity index (χ2v) is 5.82. The quantitative estimate of drug-likeness (QED) is 0.500. The summed E-state index contributed by atoms with van der Waals surface area (Å²) in [5.74, 6) is -0.407. The minimum atomic E-state index is -0.478. The van der Waals surface area contributed by atoms with Gasteiger partial charge in [0.1, 0.15) is 0 Å². The molecule has 0 saturated carbocycles. The van der Waals surface area contributed by atoms with Gasteiger partial charge in [-0.25, -0.2) is 0 Å². The van der Waals surface area contributed by atoms with Crippen molar-refractivity contribution in [3.05, 3.63) is 61.4 Å². The zero-order valence-electron chi connectivity index (χ0n) is 10.4. The van der Waals surface area contributed by atoms with Crippen LogP contribution in [0.15, 0.2) is 36.4 Å². The van der Waals surface area contributed by atoms with E-state index in [4.69, 9.17) is 23.2 Å². The summed E-state index contributed by atoms with van der Waals surface area (Å²) in [6, 6.07) is 7.67. The predicted molar refractivity (Wildman–Crippen MR) is 85.1 cm³/mol. The second-order valence-electron chi connectivity index (χ2n) is 3.88. The van der Waals surface area contributed by atoms with E-state index >= 15 is 0 Å². The van der Waals surface area contributed by atoms with Gasteiger partial charge in [0.25, 0.3) is 0 Å². The monoisotopic (exact) mass is 342 g/mol. The third-order valence-corrected chi connectivity index (χ3v) is 3.94. The molecule has 0 aliphatic rings. The van der Waals surface area contributed by atoms with Crippen molar-refractivity contribution in [1.29, 1.82) is 0 Å². The molecule has 0 unspecified atom stereocenters. The smallest absolute Gasteiger partial charge is 0.321 e. The highest BCUT2D eigenvalue weighted by Gasteiger charge is 2.08. The van der Waals surface area contributed by atoms with Crippen molar-refractivity contribution in [3.63, 3.8) is 0 Å². The lowest BCUT2D eigenvalue weighted by molar-refractivity contribution is -0.380. The molecule has 0 spiro atoms. The van der Waals surface area contributed by atoms with E-state index in [9.17, 15) is 14.9 Å². The number of carbonyl (C=O) groups is 1. The van der Waals surface area contributed by atoms with E-state index < -0.39 is 10.8 Å². The maximum Gasteiger partial charge on any atom is 0.324 e. The van der Waals surface area contributed by atoms with Gasteiger partial charge in [-0.2, -0.15) is 0 Å². The first-order valence-electron chi connectivity index (χ1n) is 5.64. The number of thiophene rings is 1. The number of hydrogen-bond donors (Lipinski definition) is 1. The van der Waals surface area contributed by atoms with Crippen molar-refractivity contribution in [1.82, 2.24) is 0 Å². The zero-order valence-corrected chi connectivity index (χ0v) is 12.7. The maximum atomic E-state index is 11.8. The van der Waals surface area contributed by atoms with Crippen LogP contribution < -0.4 is 5.32 Å². The topological polar surface area (TPSA) is 72.2 Å². The predicted octanol–water partition coefficient (Wildman–Crippen LogP) is 4.62. The number of amides is 1. The van der Waals surface area contributed by atoms with Crippen molar-refractivity contribution >= 4 is 57.2 Å².